The van der Waals surface area contributed by atoms with Gasteiger partial charge >= 0.3 is 5.97 Å². The Morgan fingerprint density at radius 3 is 2.55 bits per heavy atom. The summed E-state index contributed by atoms with van der Waals surface area (Å²) in [5.74, 6) is -0.506. The van der Waals surface area contributed by atoms with Crippen molar-refractivity contribution in [3.05, 3.63) is 33.8 Å². The molecule has 0 aliphatic carbocycles. The molecule has 0 aliphatic rings. The second-order valence-corrected chi connectivity index (χ2v) is 5.41. The third-order valence-corrected chi connectivity index (χ3v) is 3.32. The molecular weight excluding hydrogens is 322 g/mol. The third kappa shape index (κ3) is 4.63. The Balaban J connectivity index is 2.90. The molecule has 0 saturated carbocycles. The summed E-state index contributed by atoms with van der Waals surface area (Å²) in [7, 11) is 0. The summed E-state index contributed by atoms with van der Waals surface area (Å²) < 4.78 is 5.84. The van der Waals surface area contributed by atoms with Crippen LogP contribution in [0.1, 0.15) is 36.2 Å². The van der Waals surface area contributed by atoms with Gasteiger partial charge in [0.15, 0.2) is 0 Å². The zero-order valence-corrected chi connectivity index (χ0v) is 13.7. The van der Waals surface area contributed by atoms with Gasteiger partial charge in [0.2, 0.25) is 0 Å². The van der Waals surface area contributed by atoms with Gasteiger partial charge in [-0.25, -0.2) is 0 Å². The number of amides is 1. The Bertz CT molecular complexity index is 488. The van der Waals surface area contributed by atoms with Gasteiger partial charge < -0.3 is 9.64 Å². The van der Waals surface area contributed by atoms with E-state index in [1.54, 1.807) is 13.0 Å². The van der Waals surface area contributed by atoms with E-state index in [4.69, 9.17) is 4.74 Å². The number of aryl methyl sites for hydroxylation is 1. The smallest absolute Gasteiger partial charge is 0.325 e. The number of halogens is 1. The van der Waals surface area contributed by atoms with E-state index in [-0.39, 0.29) is 18.4 Å². The molecule has 0 N–H and O–H groups in total. The van der Waals surface area contributed by atoms with Gasteiger partial charge in [-0.1, -0.05) is 22.9 Å². The molecule has 1 amide bonds. The first-order chi connectivity index (χ1) is 9.49. The Morgan fingerprint density at radius 2 is 2.00 bits per heavy atom. The van der Waals surface area contributed by atoms with Gasteiger partial charge in [-0.2, -0.15) is 0 Å². The first-order valence-electron chi connectivity index (χ1n) is 6.70. The van der Waals surface area contributed by atoms with Gasteiger partial charge in [0.25, 0.3) is 5.91 Å². The number of esters is 1. The number of carbonyl (C=O) groups excluding carboxylic acids is 2. The molecule has 1 aromatic rings. The lowest BCUT2D eigenvalue weighted by Crippen LogP contribution is -2.37. The van der Waals surface area contributed by atoms with Crippen molar-refractivity contribution >= 4 is 27.8 Å². The number of hydrogen-bond donors (Lipinski definition) is 0. The monoisotopic (exact) mass is 341 g/mol. The van der Waals surface area contributed by atoms with Gasteiger partial charge in [-0.15, -0.1) is 0 Å². The molecule has 0 spiro atoms. The fourth-order valence-corrected chi connectivity index (χ4v) is 2.40. The molecule has 110 valence electrons. The van der Waals surface area contributed by atoms with Crippen molar-refractivity contribution in [1.82, 2.24) is 4.90 Å². The van der Waals surface area contributed by atoms with Crippen molar-refractivity contribution in [2.45, 2.75) is 27.2 Å². The van der Waals surface area contributed by atoms with Crippen molar-refractivity contribution in [3.8, 4) is 0 Å². The van der Waals surface area contributed by atoms with Crippen molar-refractivity contribution < 1.29 is 14.3 Å². The molecule has 0 atom stereocenters. The molecule has 1 aromatic carbocycles. The van der Waals surface area contributed by atoms with Crippen molar-refractivity contribution in [2.24, 2.45) is 0 Å². The van der Waals surface area contributed by atoms with Gasteiger partial charge in [0.1, 0.15) is 6.54 Å². The number of carbonyl (C=O) groups is 2. The van der Waals surface area contributed by atoms with Gasteiger partial charge in [0.05, 0.1) is 6.61 Å². The third-order valence-electron chi connectivity index (χ3n) is 2.82. The largest absolute Gasteiger partial charge is 0.465 e. The predicted molar refractivity (Wildman–Crippen MR) is 81.7 cm³/mol. The molecule has 0 aromatic heterocycles. The van der Waals surface area contributed by atoms with Crippen LogP contribution in [0.3, 0.4) is 0 Å². The lowest BCUT2D eigenvalue weighted by Gasteiger charge is -2.22. The Kier molecular flexibility index (Phi) is 6.71. The average Bonchev–Trinajstić information content (AvgIpc) is 2.38. The van der Waals surface area contributed by atoms with Crippen LogP contribution < -0.4 is 0 Å². The Morgan fingerprint density at radius 1 is 1.30 bits per heavy atom. The van der Waals surface area contributed by atoms with Crippen LogP contribution in [-0.2, 0) is 9.53 Å². The lowest BCUT2D eigenvalue weighted by molar-refractivity contribution is -0.143. The van der Waals surface area contributed by atoms with Crippen molar-refractivity contribution in [1.29, 1.82) is 0 Å². The summed E-state index contributed by atoms with van der Waals surface area (Å²) in [6, 6.07) is 5.49. The van der Waals surface area contributed by atoms with E-state index in [9.17, 15) is 9.59 Å². The van der Waals surface area contributed by atoms with E-state index in [0.29, 0.717) is 18.7 Å². The van der Waals surface area contributed by atoms with Crippen LogP contribution in [0.25, 0.3) is 0 Å². The van der Waals surface area contributed by atoms with Crippen LogP contribution in [-0.4, -0.2) is 36.5 Å². The molecule has 0 radical (unpaired) electrons. The highest BCUT2D eigenvalue weighted by molar-refractivity contribution is 9.10. The van der Waals surface area contributed by atoms with Gasteiger partial charge in [0, 0.05) is 16.6 Å². The van der Waals surface area contributed by atoms with Crippen LogP contribution >= 0.6 is 15.9 Å². The molecule has 0 heterocycles. The maximum atomic E-state index is 12.5. The van der Waals surface area contributed by atoms with E-state index >= 15 is 0 Å². The molecule has 0 unspecified atom stereocenters. The maximum absolute atomic E-state index is 12.5. The number of ether oxygens (including phenoxy) is 1. The molecule has 0 aliphatic heterocycles. The summed E-state index contributed by atoms with van der Waals surface area (Å²) in [5.41, 5.74) is 1.50. The molecule has 0 saturated heterocycles. The van der Waals surface area contributed by atoms with E-state index in [2.05, 4.69) is 15.9 Å². The Hall–Kier alpha value is -1.36. The van der Waals surface area contributed by atoms with Crippen molar-refractivity contribution in [3.63, 3.8) is 0 Å². The summed E-state index contributed by atoms with van der Waals surface area (Å²) in [4.78, 5) is 25.6. The second-order valence-electron chi connectivity index (χ2n) is 4.49. The number of nitrogens with zero attached hydrogens (tertiary/aromatic N) is 1. The topological polar surface area (TPSA) is 46.6 Å². The lowest BCUT2D eigenvalue weighted by atomic mass is 10.1. The highest BCUT2D eigenvalue weighted by atomic mass is 79.9. The molecule has 4 nitrogen and oxygen atoms in total. The van der Waals surface area contributed by atoms with Crippen LogP contribution in [0, 0.1) is 6.92 Å². The minimum Gasteiger partial charge on any atom is -0.465 e. The number of hydrogen-bond acceptors (Lipinski definition) is 3. The highest BCUT2D eigenvalue weighted by Gasteiger charge is 2.20. The summed E-state index contributed by atoms with van der Waals surface area (Å²) in [5, 5.41) is 0. The molecule has 0 bridgehead atoms. The molecule has 0 fully saturated rings. The predicted octanol–water partition coefficient (Wildman–Crippen LogP) is 3.17. The quantitative estimate of drug-likeness (QED) is 0.746. The van der Waals surface area contributed by atoms with Crippen LogP contribution in [0.2, 0.25) is 0 Å². The second kappa shape index (κ2) is 8.04. The number of benzene rings is 1. The minimum absolute atomic E-state index is 0.00395. The van der Waals surface area contributed by atoms with Crippen LogP contribution in [0.5, 0.6) is 0 Å². The molecule has 1 rings (SSSR count). The zero-order valence-electron chi connectivity index (χ0n) is 12.1. The minimum atomic E-state index is -0.371. The van der Waals surface area contributed by atoms with E-state index in [1.165, 1.54) is 4.90 Å². The summed E-state index contributed by atoms with van der Waals surface area (Å²) in [6.07, 6.45) is 0.792. The van der Waals surface area contributed by atoms with E-state index < -0.39 is 0 Å². The van der Waals surface area contributed by atoms with Gasteiger partial charge in [-0.05, 0) is 44.0 Å². The summed E-state index contributed by atoms with van der Waals surface area (Å²) >= 11 is 3.37. The molecular formula is C15H20BrNO3. The standard InChI is InChI=1S/C15H20BrNO3/c1-4-8-17(10-14(18)20-5-2)15(19)13-7-6-12(16)9-11(13)3/h6-7,9H,4-5,8,10H2,1-3H3. The fourth-order valence-electron chi connectivity index (χ4n) is 1.92. The van der Waals surface area contributed by atoms with Crippen LogP contribution in [0.4, 0.5) is 0 Å². The Labute approximate surface area is 128 Å². The summed E-state index contributed by atoms with van der Waals surface area (Å²) in [6.45, 7) is 6.46. The number of rotatable bonds is 6. The van der Waals surface area contributed by atoms with Crippen LogP contribution in [0.15, 0.2) is 22.7 Å². The van der Waals surface area contributed by atoms with E-state index in [0.717, 1.165) is 16.5 Å². The average molecular weight is 342 g/mol. The van der Waals surface area contributed by atoms with E-state index in [1.807, 2.05) is 26.0 Å². The fraction of sp³-hybridized carbons (Fsp3) is 0.467. The normalized spacial score (nSPS) is 10.2. The molecule has 5 heteroatoms. The van der Waals surface area contributed by atoms with Gasteiger partial charge in [-0.3, -0.25) is 9.59 Å². The zero-order chi connectivity index (χ0) is 15.1. The maximum Gasteiger partial charge on any atom is 0.325 e. The first-order valence-corrected chi connectivity index (χ1v) is 7.49. The van der Waals surface area contributed by atoms with Crippen molar-refractivity contribution in [2.75, 3.05) is 19.7 Å². The first kappa shape index (κ1) is 16.7. The highest BCUT2D eigenvalue weighted by Crippen LogP contribution is 2.17. The molecule has 20 heavy (non-hydrogen) atoms. The SMILES string of the molecule is CCCN(CC(=O)OCC)C(=O)c1ccc(Br)cc1C.